The number of hydrogen-bond acceptors (Lipinski definition) is 4. The highest BCUT2D eigenvalue weighted by Crippen LogP contribution is 2.23. The van der Waals surface area contributed by atoms with Gasteiger partial charge in [-0.15, -0.1) is 0 Å². The lowest BCUT2D eigenvalue weighted by molar-refractivity contribution is 0.101. The van der Waals surface area contributed by atoms with Crippen molar-refractivity contribution in [3.05, 3.63) is 34.3 Å². The van der Waals surface area contributed by atoms with Gasteiger partial charge in [0, 0.05) is 16.6 Å². The molecule has 1 aliphatic rings. The summed E-state index contributed by atoms with van der Waals surface area (Å²) in [4.78, 5) is 12.1. The molecule has 1 heterocycles. The van der Waals surface area contributed by atoms with E-state index >= 15 is 0 Å². The molecule has 1 aliphatic heterocycles. The van der Waals surface area contributed by atoms with E-state index in [-0.39, 0.29) is 11.9 Å². The quantitative estimate of drug-likeness (QED) is 0.784. The summed E-state index contributed by atoms with van der Waals surface area (Å²) in [6.45, 7) is 2.17. The van der Waals surface area contributed by atoms with Crippen LogP contribution < -0.4 is 0 Å². The van der Waals surface area contributed by atoms with Crippen molar-refractivity contribution in [1.82, 2.24) is 0 Å². The monoisotopic (exact) mass is 346 g/mol. The summed E-state index contributed by atoms with van der Waals surface area (Å²) >= 11 is 3.26. The van der Waals surface area contributed by atoms with Gasteiger partial charge in [-0.05, 0) is 19.4 Å². The molecule has 0 saturated carbocycles. The summed E-state index contributed by atoms with van der Waals surface area (Å²) in [5.74, 6) is -0.847. The lowest BCUT2D eigenvalue weighted by atomic mass is 10.1. The molecule has 0 radical (unpaired) electrons. The van der Waals surface area contributed by atoms with Crippen LogP contribution in [0.25, 0.3) is 0 Å². The highest BCUT2D eigenvalue weighted by Gasteiger charge is 2.37. The molecular formula is C13H15BrO4S. The van der Waals surface area contributed by atoms with Gasteiger partial charge in [0.25, 0.3) is 0 Å². The van der Waals surface area contributed by atoms with Crippen LogP contribution in [0.15, 0.2) is 28.7 Å². The number of sulfone groups is 1. The van der Waals surface area contributed by atoms with E-state index in [4.69, 9.17) is 4.74 Å². The summed E-state index contributed by atoms with van der Waals surface area (Å²) in [7, 11) is -3.47. The standard InChI is InChI=1S/C13H15BrO4S/c1-9-13(6-7-18-9)19(16,17)8-12(15)10-4-2-3-5-11(10)14/h2-5,9,13H,6-8H2,1H3. The smallest absolute Gasteiger partial charge is 0.179 e. The van der Waals surface area contributed by atoms with Crippen molar-refractivity contribution in [2.45, 2.75) is 24.7 Å². The fourth-order valence-corrected chi connectivity index (χ4v) is 4.60. The minimum Gasteiger partial charge on any atom is -0.377 e. The normalized spacial score (nSPS) is 23.5. The number of halogens is 1. The van der Waals surface area contributed by atoms with Crippen molar-refractivity contribution in [3.8, 4) is 0 Å². The molecule has 1 saturated heterocycles. The molecular weight excluding hydrogens is 332 g/mol. The molecule has 0 bridgehead atoms. The summed E-state index contributed by atoms with van der Waals surface area (Å²) in [6, 6.07) is 6.84. The maximum absolute atomic E-state index is 12.2. The second-order valence-electron chi connectivity index (χ2n) is 4.61. The molecule has 0 aliphatic carbocycles. The number of ether oxygens (including phenoxy) is 1. The lowest BCUT2D eigenvalue weighted by Gasteiger charge is -2.14. The molecule has 1 aromatic rings. The molecule has 2 atom stereocenters. The van der Waals surface area contributed by atoms with Gasteiger partial charge in [-0.1, -0.05) is 34.1 Å². The number of rotatable bonds is 4. The fourth-order valence-electron chi connectivity index (χ4n) is 2.24. The Morgan fingerprint density at radius 1 is 1.42 bits per heavy atom. The van der Waals surface area contributed by atoms with Gasteiger partial charge >= 0.3 is 0 Å². The molecule has 6 heteroatoms. The van der Waals surface area contributed by atoms with Gasteiger partial charge in [0.15, 0.2) is 15.6 Å². The van der Waals surface area contributed by atoms with E-state index in [9.17, 15) is 13.2 Å². The number of Topliss-reactive ketones (excluding diaryl/α,β-unsaturated/α-hetero) is 1. The van der Waals surface area contributed by atoms with Crippen molar-refractivity contribution < 1.29 is 17.9 Å². The van der Waals surface area contributed by atoms with Crippen LogP contribution in [0.5, 0.6) is 0 Å². The van der Waals surface area contributed by atoms with Crippen LogP contribution >= 0.6 is 15.9 Å². The highest BCUT2D eigenvalue weighted by atomic mass is 79.9. The Bertz CT molecular complexity index is 582. The van der Waals surface area contributed by atoms with Crippen LogP contribution in [0.4, 0.5) is 0 Å². The molecule has 1 fully saturated rings. The highest BCUT2D eigenvalue weighted by molar-refractivity contribution is 9.10. The maximum Gasteiger partial charge on any atom is 0.179 e. The average Bonchev–Trinajstić information content (AvgIpc) is 2.76. The van der Waals surface area contributed by atoms with Crippen LogP contribution in [-0.2, 0) is 14.6 Å². The number of hydrogen-bond donors (Lipinski definition) is 0. The van der Waals surface area contributed by atoms with Crippen molar-refractivity contribution in [2.24, 2.45) is 0 Å². The second kappa shape index (κ2) is 5.73. The summed E-state index contributed by atoms with van der Waals surface area (Å²) in [6.07, 6.45) is 0.129. The van der Waals surface area contributed by atoms with Gasteiger partial charge in [-0.2, -0.15) is 0 Å². The zero-order valence-electron chi connectivity index (χ0n) is 10.5. The first-order valence-corrected chi connectivity index (χ1v) is 8.53. The van der Waals surface area contributed by atoms with E-state index < -0.39 is 20.8 Å². The van der Waals surface area contributed by atoms with Crippen molar-refractivity contribution in [2.75, 3.05) is 12.4 Å². The van der Waals surface area contributed by atoms with Crippen molar-refractivity contribution >= 4 is 31.6 Å². The van der Waals surface area contributed by atoms with E-state index in [0.29, 0.717) is 23.1 Å². The molecule has 104 valence electrons. The molecule has 0 N–H and O–H groups in total. The Morgan fingerprint density at radius 3 is 2.68 bits per heavy atom. The number of carbonyl (C=O) groups is 1. The van der Waals surface area contributed by atoms with Crippen LogP contribution in [0.2, 0.25) is 0 Å². The molecule has 2 rings (SSSR count). The molecule has 0 spiro atoms. The average molecular weight is 347 g/mol. The van der Waals surface area contributed by atoms with Crippen LogP contribution in [0.1, 0.15) is 23.7 Å². The molecule has 0 amide bonds. The Hall–Kier alpha value is -0.720. The second-order valence-corrected chi connectivity index (χ2v) is 7.69. The third-order valence-electron chi connectivity index (χ3n) is 3.27. The van der Waals surface area contributed by atoms with E-state index in [1.165, 1.54) is 0 Å². The van der Waals surface area contributed by atoms with E-state index in [1.54, 1.807) is 31.2 Å². The van der Waals surface area contributed by atoms with Crippen LogP contribution in [0.3, 0.4) is 0 Å². The first-order chi connectivity index (χ1) is 8.92. The zero-order valence-corrected chi connectivity index (χ0v) is 12.9. The molecule has 2 unspecified atom stereocenters. The maximum atomic E-state index is 12.2. The van der Waals surface area contributed by atoms with E-state index in [0.717, 1.165) is 0 Å². The third-order valence-corrected chi connectivity index (χ3v) is 6.17. The van der Waals surface area contributed by atoms with Gasteiger partial charge < -0.3 is 4.74 Å². The summed E-state index contributed by atoms with van der Waals surface area (Å²) in [5, 5.41) is -0.570. The van der Waals surface area contributed by atoms with Gasteiger partial charge in [0.1, 0.15) is 5.75 Å². The molecule has 4 nitrogen and oxygen atoms in total. The first-order valence-electron chi connectivity index (χ1n) is 6.03. The van der Waals surface area contributed by atoms with Crippen LogP contribution in [0, 0.1) is 0 Å². The molecule has 19 heavy (non-hydrogen) atoms. The van der Waals surface area contributed by atoms with Crippen molar-refractivity contribution in [1.29, 1.82) is 0 Å². The number of carbonyl (C=O) groups excluding carboxylic acids is 1. The van der Waals surface area contributed by atoms with Gasteiger partial charge in [-0.25, -0.2) is 8.42 Å². The lowest BCUT2D eigenvalue weighted by Crippen LogP contribution is -2.32. The van der Waals surface area contributed by atoms with Crippen molar-refractivity contribution in [3.63, 3.8) is 0 Å². The Labute approximate surface area is 121 Å². The SMILES string of the molecule is CC1OCCC1S(=O)(=O)CC(=O)c1ccccc1Br. The topological polar surface area (TPSA) is 60.4 Å². The van der Waals surface area contributed by atoms with Crippen LogP contribution in [-0.4, -0.2) is 37.9 Å². The first kappa shape index (κ1) is 14.7. The predicted molar refractivity (Wildman–Crippen MR) is 76.1 cm³/mol. The molecule has 1 aromatic carbocycles. The fraction of sp³-hybridized carbons (Fsp3) is 0.462. The molecule has 0 aromatic heterocycles. The van der Waals surface area contributed by atoms with Gasteiger partial charge in [-0.3, -0.25) is 4.79 Å². The minimum absolute atomic E-state index is 0.336. The largest absolute Gasteiger partial charge is 0.377 e. The summed E-state index contributed by atoms with van der Waals surface area (Å²) in [5.41, 5.74) is 0.401. The number of benzene rings is 1. The number of ketones is 1. The van der Waals surface area contributed by atoms with E-state index in [2.05, 4.69) is 15.9 Å². The van der Waals surface area contributed by atoms with E-state index in [1.807, 2.05) is 0 Å². The van der Waals surface area contributed by atoms with Gasteiger partial charge in [0.2, 0.25) is 0 Å². The predicted octanol–water partition coefficient (Wildman–Crippen LogP) is 2.22. The summed E-state index contributed by atoms with van der Waals surface area (Å²) < 4.78 is 30.3. The zero-order chi connectivity index (χ0) is 14.0. The minimum atomic E-state index is -3.47. The van der Waals surface area contributed by atoms with Gasteiger partial charge in [0.05, 0.1) is 11.4 Å². The third kappa shape index (κ3) is 3.24. The Kier molecular flexibility index (Phi) is 4.43. The Morgan fingerprint density at radius 2 is 2.11 bits per heavy atom. The Balaban J connectivity index is 2.17.